The van der Waals surface area contributed by atoms with E-state index in [1.54, 1.807) is 0 Å². The van der Waals surface area contributed by atoms with Gasteiger partial charge in [-0.3, -0.25) is 10.1 Å². The molecule has 0 aromatic heterocycles. The van der Waals surface area contributed by atoms with Gasteiger partial charge in [-0.2, -0.15) is 0 Å². The molecule has 6 nitrogen and oxygen atoms in total. The molecule has 92 valence electrons. The van der Waals surface area contributed by atoms with Crippen molar-refractivity contribution in [3.8, 4) is 5.75 Å². The molecule has 0 aliphatic carbocycles. The first kappa shape index (κ1) is 13.0. The minimum Gasteiger partial charge on any atom is -0.410 e. The topological polar surface area (TPSA) is 81.5 Å². The minimum atomic E-state index is -0.562. The Kier molecular flexibility index (Phi) is 4.45. The van der Waals surface area contributed by atoms with Crippen LogP contribution in [0.1, 0.15) is 13.8 Å². The normalized spacial score (nSPS) is 10.1. The average molecular weight is 238 g/mol. The maximum atomic E-state index is 11.3. The smallest absolute Gasteiger partial charge is 0.410 e. The fourth-order valence-electron chi connectivity index (χ4n) is 1.07. The maximum absolute atomic E-state index is 11.3. The van der Waals surface area contributed by atoms with Crippen molar-refractivity contribution >= 4 is 11.8 Å². The second-order valence-corrected chi connectivity index (χ2v) is 3.92. The highest BCUT2D eigenvalue weighted by molar-refractivity contribution is 5.70. The maximum Gasteiger partial charge on any atom is 0.412 e. The molecular weight excluding hydrogens is 224 g/mol. The number of hydrogen-bond acceptors (Lipinski definition) is 4. The molecule has 0 radical (unpaired) electrons. The third kappa shape index (κ3) is 4.50. The molecule has 0 fully saturated rings. The summed E-state index contributed by atoms with van der Waals surface area (Å²) in [6.07, 6.45) is -0.562. The number of carbonyl (C=O) groups is 1. The van der Waals surface area contributed by atoms with Gasteiger partial charge in [-0.1, -0.05) is 13.8 Å². The lowest BCUT2D eigenvalue weighted by molar-refractivity contribution is -0.384. The van der Waals surface area contributed by atoms with Crippen LogP contribution in [0.15, 0.2) is 24.3 Å². The molecule has 0 aliphatic heterocycles. The van der Waals surface area contributed by atoms with Crippen LogP contribution in [0.2, 0.25) is 0 Å². The zero-order valence-corrected chi connectivity index (χ0v) is 9.67. The van der Waals surface area contributed by atoms with E-state index in [2.05, 4.69) is 5.32 Å². The molecule has 1 aromatic rings. The molecule has 6 heteroatoms. The van der Waals surface area contributed by atoms with E-state index in [1.165, 1.54) is 24.3 Å². The molecule has 0 saturated carbocycles. The van der Waals surface area contributed by atoms with Crippen LogP contribution >= 0.6 is 0 Å². The van der Waals surface area contributed by atoms with E-state index in [0.29, 0.717) is 12.5 Å². The van der Waals surface area contributed by atoms with Gasteiger partial charge in [-0.15, -0.1) is 0 Å². The molecule has 1 rings (SSSR count). The summed E-state index contributed by atoms with van der Waals surface area (Å²) in [5.74, 6) is 0.608. The van der Waals surface area contributed by atoms with Gasteiger partial charge in [-0.05, 0) is 18.1 Å². The highest BCUT2D eigenvalue weighted by Crippen LogP contribution is 2.17. The lowest BCUT2D eigenvalue weighted by atomic mass is 10.2. The Morgan fingerprint density at radius 3 is 2.47 bits per heavy atom. The summed E-state index contributed by atoms with van der Waals surface area (Å²) in [6.45, 7) is 4.45. The Labute approximate surface area is 98.7 Å². The molecular formula is C11H14N2O4. The van der Waals surface area contributed by atoms with E-state index < -0.39 is 11.0 Å². The molecule has 0 aliphatic rings. The molecule has 1 amide bonds. The van der Waals surface area contributed by atoms with Gasteiger partial charge in [0.25, 0.3) is 5.69 Å². The van der Waals surface area contributed by atoms with Crippen molar-refractivity contribution in [1.82, 2.24) is 5.32 Å². The number of hydrogen-bond donors (Lipinski definition) is 1. The van der Waals surface area contributed by atoms with E-state index in [9.17, 15) is 14.9 Å². The Morgan fingerprint density at radius 2 is 2.00 bits per heavy atom. The predicted molar refractivity (Wildman–Crippen MR) is 62.0 cm³/mol. The Hall–Kier alpha value is -2.11. The number of nitro benzene ring substituents is 1. The number of non-ortho nitro benzene ring substituents is 1. The van der Waals surface area contributed by atoms with E-state index >= 15 is 0 Å². The molecule has 17 heavy (non-hydrogen) atoms. The number of benzene rings is 1. The molecule has 0 atom stereocenters. The molecule has 0 saturated heterocycles. The van der Waals surface area contributed by atoms with Crippen LogP contribution in [0.5, 0.6) is 5.75 Å². The standard InChI is InChI=1S/C11H14N2O4/c1-8(2)7-12-11(14)17-10-5-3-9(4-6-10)13(15)16/h3-6,8H,7H2,1-2H3,(H,12,14). The fraction of sp³-hybridized carbons (Fsp3) is 0.364. The quantitative estimate of drug-likeness (QED) is 0.644. The highest BCUT2D eigenvalue weighted by Gasteiger charge is 2.07. The van der Waals surface area contributed by atoms with Crippen molar-refractivity contribution in [3.63, 3.8) is 0 Å². The molecule has 0 bridgehead atoms. The van der Waals surface area contributed by atoms with Gasteiger partial charge in [-0.25, -0.2) is 4.79 Å². The summed E-state index contributed by atoms with van der Waals surface area (Å²) in [6, 6.07) is 5.33. The largest absolute Gasteiger partial charge is 0.412 e. The second kappa shape index (κ2) is 5.83. The van der Waals surface area contributed by atoms with Crippen molar-refractivity contribution in [2.45, 2.75) is 13.8 Å². The summed E-state index contributed by atoms with van der Waals surface area (Å²) in [7, 11) is 0. The average Bonchev–Trinajstić information content (AvgIpc) is 2.27. The van der Waals surface area contributed by atoms with Crippen LogP contribution in [-0.4, -0.2) is 17.6 Å². The van der Waals surface area contributed by atoms with Gasteiger partial charge in [0.2, 0.25) is 0 Å². The van der Waals surface area contributed by atoms with Crippen LogP contribution in [0.4, 0.5) is 10.5 Å². The van der Waals surface area contributed by atoms with Crippen molar-refractivity contribution in [3.05, 3.63) is 34.4 Å². The number of carbonyl (C=O) groups excluding carboxylic acids is 1. The Morgan fingerprint density at radius 1 is 1.41 bits per heavy atom. The first-order valence-corrected chi connectivity index (χ1v) is 5.19. The number of nitro groups is 1. The van der Waals surface area contributed by atoms with E-state index in [1.807, 2.05) is 13.8 Å². The number of nitrogens with one attached hydrogen (secondary N) is 1. The number of amides is 1. The molecule has 1 N–H and O–H groups in total. The molecule has 0 heterocycles. The van der Waals surface area contributed by atoms with Gasteiger partial charge in [0.15, 0.2) is 0 Å². The van der Waals surface area contributed by atoms with Crippen LogP contribution in [0.25, 0.3) is 0 Å². The lowest BCUT2D eigenvalue weighted by Crippen LogP contribution is -2.30. The van der Waals surface area contributed by atoms with Crippen LogP contribution < -0.4 is 10.1 Å². The van der Waals surface area contributed by atoms with Gasteiger partial charge >= 0.3 is 6.09 Å². The number of rotatable bonds is 4. The summed E-state index contributed by atoms with van der Waals surface area (Å²) < 4.78 is 4.93. The number of nitrogens with zero attached hydrogens (tertiary/aromatic N) is 1. The fourth-order valence-corrected chi connectivity index (χ4v) is 1.07. The summed E-state index contributed by atoms with van der Waals surface area (Å²) in [4.78, 5) is 21.2. The monoisotopic (exact) mass is 238 g/mol. The van der Waals surface area contributed by atoms with Gasteiger partial charge < -0.3 is 10.1 Å². The van der Waals surface area contributed by atoms with Crippen molar-refractivity contribution in [1.29, 1.82) is 0 Å². The van der Waals surface area contributed by atoms with Gasteiger partial charge in [0, 0.05) is 18.7 Å². The highest BCUT2D eigenvalue weighted by atomic mass is 16.6. The van der Waals surface area contributed by atoms with E-state index in [-0.39, 0.29) is 11.4 Å². The minimum absolute atomic E-state index is 0.0417. The van der Waals surface area contributed by atoms with Crippen LogP contribution in [0.3, 0.4) is 0 Å². The lowest BCUT2D eigenvalue weighted by Gasteiger charge is -2.07. The van der Waals surface area contributed by atoms with E-state index in [0.717, 1.165) is 0 Å². The SMILES string of the molecule is CC(C)CNC(=O)Oc1ccc([N+](=O)[O-])cc1. The molecule has 0 unspecified atom stereocenters. The van der Waals surface area contributed by atoms with Gasteiger partial charge in [0.1, 0.15) is 5.75 Å². The molecule has 1 aromatic carbocycles. The van der Waals surface area contributed by atoms with E-state index in [4.69, 9.17) is 4.74 Å². The van der Waals surface area contributed by atoms with Crippen molar-refractivity contribution in [2.24, 2.45) is 5.92 Å². The first-order chi connectivity index (χ1) is 7.99. The molecule has 0 spiro atoms. The Balaban J connectivity index is 2.51. The third-order valence-corrected chi connectivity index (χ3v) is 1.91. The van der Waals surface area contributed by atoms with Crippen LogP contribution in [0, 0.1) is 16.0 Å². The summed E-state index contributed by atoms with van der Waals surface area (Å²) in [5.41, 5.74) is -0.0417. The second-order valence-electron chi connectivity index (χ2n) is 3.92. The number of ether oxygens (including phenoxy) is 1. The Bertz CT molecular complexity index is 400. The van der Waals surface area contributed by atoms with Gasteiger partial charge in [0.05, 0.1) is 4.92 Å². The zero-order valence-electron chi connectivity index (χ0n) is 9.67. The third-order valence-electron chi connectivity index (χ3n) is 1.91. The zero-order chi connectivity index (χ0) is 12.8. The van der Waals surface area contributed by atoms with Crippen molar-refractivity contribution < 1.29 is 14.5 Å². The first-order valence-electron chi connectivity index (χ1n) is 5.19. The predicted octanol–water partition coefficient (Wildman–Crippen LogP) is 2.34. The summed E-state index contributed by atoms with van der Waals surface area (Å²) in [5, 5.41) is 13.0. The van der Waals surface area contributed by atoms with Crippen molar-refractivity contribution in [2.75, 3.05) is 6.54 Å². The van der Waals surface area contributed by atoms with Crippen LogP contribution in [-0.2, 0) is 0 Å². The summed E-state index contributed by atoms with van der Waals surface area (Å²) >= 11 is 0.